The van der Waals surface area contributed by atoms with Crippen LogP contribution in [0.4, 0.5) is 0 Å². The van der Waals surface area contributed by atoms with Gasteiger partial charge in [-0.15, -0.1) is 0 Å². The summed E-state index contributed by atoms with van der Waals surface area (Å²) in [5, 5.41) is 12.4. The van der Waals surface area contributed by atoms with Crippen molar-refractivity contribution in [3.05, 3.63) is 65.2 Å². The number of nitrogens with zero attached hydrogens (tertiary/aromatic N) is 1. The molecule has 1 amide bonds. The fraction of sp³-hybridized carbons (Fsp3) is 0.381. The molecule has 5 heteroatoms. The van der Waals surface area contributed by atoms with E-state index in [9.17, 15) is 9.90 Å². The number of carbonyl (C=O) groups is 1. The lowest BCUT2D eigenvalue weighted by molar-refractivity contribution is -0.132. The third-order valence-electron chi connectivity index (χ3n) is 4.75. The molecular formula is C21H26N2O3. The molecule has 0 radical (unpaired) electrons. The van der Waals surface area contributed by atoms with Crippen LogP contribution >= 0.6 is 0 Å². The number of rotatable bonds is 6. The number of fused-ring (bicyclic) bond motifs is 1. The van der Waals surface area contributed by atoms with Gasteiger partial charge in [0.2, 0.25) is 5.91 Å². The van der Waals surface area contributed by atoms with Gasteiger partial charge >= 0.3 is 0 Å². The number of aliphatic hydroxyl groups is 1. The second-order valence-corrected chi connectivity index (χ2v) is 6.66. The van der Waals surface area contributed by atoms with Crippen molar-refractivity contribution in [3.63, 3.8) is 0 Å². The lowest BCUT2D eigenvalue weighted by atomic mass is 9.87. The Labute approximate surface area is 154 Å². The Bertz CT molecular complexity index is 760. The van der Waals surface area contributed by atoms with Gasteiger partial charge in [0.15, 0.2) is 0 Å². The lowest BCUT2D eigenvalue weighted by Gasteiger charge is -2.38. The highest BCUT2D eigenvalue weighted by molar-refractivity contribution is 5.80. The molecular weight excluding hydrogens is 328 g/mol. The first-order chi connectivity index (χ1) is 12.6. The zero-order valence-corrected chi connectivity index (χ0v) is 15.3. The highest BCUT2D eigenvalue weighted by Gasteiger charge is 2.33. The summed E-state index contributed by atoms with van der Waals surface area (Å²) in [6.45, 7) is 2.97. The van der Waals surface area contributed by atoms with Gasteiger partial charge in [0.1, 0.15) is 5.75 Å². The van der Waals surface area contributed by atoms with E-state index < -0.39 is 6.10 Å². The summed E-state index contributed by atoms with van der Waals surface area (Å²) in [5.41, 5.74) is 3.41. The van der Waals surface area contributed by atoms with E-state index in [2.05, 4.69) is 17.4 Å². The summed E-state index contributed by atoms with van der Waals surface area (Å²) in [5.74, 6) is 0.806. The molecule has 3 rings (SSSR count). The van der Waals surface area contributed by atoms with Gasteiger partial charge in [0, 0.05) is 18.7 Å². The van der Waals surface area contributed by atoms with E-state index in [0.717, 1.165) is 23.3 Å². The SMILES string of the molecule is COc1ccccc1[C@@H]1c2ccccc2CCN1C(=O)CNCC(C)O. The maximum atomic E-state index is 12.9. The van der Waals surface area contributed by atoms with Gasteiger partial charge in [0.25, 0.3) is 0 Å². The molecule has 0 fully saturated rings. The molecule has 1 heterocycles. The van der Waals surface area contributed by atoms with Crippen LogP contribution in [0.25, 0.3) is 0 Å². The predicted molar refractivity (Wildman–Crippen MR) is 101 cm³/mol. The minimum Gasteiger partial charge on any atom is -0.496 e. The first-order valence-corrected chi connectivity index (χ1v) is 9.00. The molecule has 0 saturated heterocycles. The van der Waals surface area contributed by atoms with E-state index in [1.807, 2.05) is 41.3 Å². The molecule has 1 unspecified atom stereocenters. The van der Waals surface area contributed by atoms with Crippen LogP contribution in [0.3, 0.4) is 0 Å². The first kappa shape index (κ1) is 18.4. The van der Waals surface area contributed by atoms with Crippen LogP contribution in [0, 0.1) is 0 Å². The monoisotopic (exact) mass is 354 g/mol. The third-order valence-corrected chi connectivity index (χ3v) is 4.75. The summed E-state index contributed by atoms with van der Waals surface area (Å²) in [4.78, 5) is 14.8. The molecule has 2 aromatic rings. The fourth-order valence-electron chi connectivity index (χ4n) is 3.55. The second kappa shape index (κ2) is 8.34. The molecule has 138 valence electrons. The fourth-order valence-corrected chi connectivity index (χ4v) is 3.55. The summed E-state index contributed by atoms with van der Waals surface area (Å²) in [7, 11) is 1.66. The van der Waals surface area contributed by atoms with Crippen LogP contribution in [0.1, 0.15) is 29.7 Å². The van der Waals surface area contributed by atoms with Crippen molar-refractivity contribution in [2.45, 2.75) is 25.5 Å². The van der Waals surface area contributed by atoms with Gasteiger partial charge in [-0.1, -0.05) is 42.5 Å². The molecule has 2 N–H and O–H groups in total. The van der Waals surface area contributed by atoms with Crippen LogP contribution in [0.5, 0.6) is 5.75 Å². The number of ether oxygens (including phenoxy) is 1. The van der Waals surface area contributed by atoms with Crippen molar-refractivity contribution < 1.29 is 14.6 Å². The molecule has 26 heavy (non-hydrogen) atoms. The number of carbonyl (C=O) groups excluding carboxylic acids is 1. The van der Waals surface area contributed by atoms with Gasteiger partial charge in [0.05, 0.1) is 25.8 Å². The number of methoxy groups -OCH3 is 1. The molecule has 0 aliphatic carbocycles. The van der Waals surface area contributed by atoms with Gasteiger partial charge in [-0.25, -0.2) is 0 Å². The lowest BCUT2D eigenvalue weighted by Crippen LogP contribution is -2.45. The third kappa shape index (κ3) is 3.89. The number of amides is 1. The van der Waals surface area contributed by atoms with Crippen molar-refractivity contribution in [2.75, 3.05) is 26.7 Å². The van der Waals surface area contributed by atoms with Crippen molar-refractivity contribution in [1.29, 1.82) is 0 Å². The van der Waals surface area contributed by atoms with E-state index >= 15 is 0 Å². The molecule has 1 aliphatic rings. The number of hydrogen-bond donors (Lipinski definition) is 2. The maximum absolute atomic E-state index is 12.9. The van der Waals surface area contributed by atoms with Crippen LogP contribution < -0.4 is 10.1 Å². The highest BCUT2D eigenvalue weighted by Crippen LogP contribution is 2.39. The summed E-state index contributed by atoms with van der Waals surface area (Å²) in [6.07, 6.45) is 0.360. The van der Waals surface area contributed by atoms with E-state index in [4.69, 9.17) is 4.74 Å². The Balaban J connectivity index is 1.95. The first-order valence-electron chi connectivity index (χ1n) is 9.00. The Hall–Kier alpha value is -2.37. The molecule has 1 aliphatic heterocycles. The Morgan fingerprint density at radius 2 is 1.92 bits per heavy atom. The quantitative estimate of drug-likeness (QED) is 0.834. The smallest absolute Gasteiger partial charge is 0.237 e. The molecule has 2 aromatic carbocycles. The number of aliphatic hydroxyl groups excluding tert-OH is 1. The number of para-hydroxylation sites is 1. The Morgan fingerprint density at radius 1 is 1.23 bits per heavy atom. The number of benzene rings is 2. The van der Waals surface area contributed by atoms with Gasteiger partial charge < -0.3 is 20.1 Å². The molecule has 0 aromatic heterocycles. The normalized spacial score (nSPS) is 17.5. The van der Waals surface area contributed by atoms with Gasteiger partial charge in [-0.3, -0.25) is 4.79 Å². The van der Waals surface area contributed by atoms with E-state index in [1.165, 1.54) is 5.56 Å². The largest absolute Gasteiger partial charge is 0.496 e. The second-order valence-electron chi connectivity index (χ2n) is 6.66. The Kier molecular flexibility index (Phi) is 5.91. The van der Waals surface area contributed by atoms with Crippen molar-refractivity contribution in [3.8, 4) is 5.75 Å². The van der Waals surface area contributed by atoms with E-state index in [1.54, 1.807) is 14.0 Å². The molecule has 2 atom stereocenters. The van der Waals surface area contributed by atoms with Crippen molar-refractivity contribution in [2.24, 2.45) is 0 Å². The van der Waals surface area contributed by atoms with E-state index in [-0.39, 0.29) is 18.5 Å². The van der Waals surface area contributed by atoms with Crippen LogP contribution in [-0.4, -0.2) is 48.8 Å². The zero-order valence-electron chi connectivity index (χ0n) is 15.3. The molecule has 5 nitrogen and oxygen atoms in total. The van der Waals surface area contributed by atoms with Gasteiger partial charge in [-0.2, -0.15) is 0 Å². The Morgan fingerprint density at radius 3 is 2.65 bits per heavy atom. The average Bonchev–Trinajstić information content (AvgIpc) is 2.66. The number of nitrogens with one attached hydrogen (secondary N) is 1. The highest BCUT2D eigenvalue weighted by atomic mass is 16.5. The standard InChI is InChI=1S/C21H26N2O3/c1-15(24)13-22-14-20(25)23-12-11-16-7-3-4-8-17(16)21(23)18-9-5-6-10-19(18)26-2/h3-10,15,21-22,24H,11-14H2,1-2H3/t15?,21-/m0/s1. The molecule has 0 bridgehead atoms. The van der Waals surface area contributed by atoms with Crippen LogP contribution in [0.2, 0.25) is 0 Å². The maximum Gasteiger partial charge on any atom is 0.237 e. The topological polar surface area (TPSA) is 61.8 Å². The zero-order chi connectivity index (χ0) is 18.5. The minimum atomic E-state index is -0.477. The minimum absolute atomic E-state index is 0.0241. The number of hydrogen-bond acceptors (Lipinski definition) is 4. The summed E-state index contributed by atoms with van der Waals surface area (Å²) >= 11 is 0. The summed E-state index contributed by atoms with van der Waals surface area (Å²) < 4.78 is 5.57. The van der Waals surface area contributed by atoms with Crippen molar-refractivity contribution >= 4 is 5.91 Å². The molecule has 0 spiro atoms. The van der Waals surface area contributed by atoms with Crippen LogP contribution in [-0.2, 0) is 11.2 Å². The summed E-state index contributed by atoms with van der Waals surface area (Å²) in [6, 6.07) is 16.0. The average molecular weight is 354 g/mol. The van der Waals surface area contributed by atoms with Gasteiger partial charge in [-0.05, 0) is 30.5 Å². The van der Waals surface area contributed by atoms with Crippen molar-refractivity contribution in [1.82, 2.24) is 10.2 Å². The van der Waals surface area contributed by atoms with E-state index in [0.29, 0.717) is 13.1 Å². The van der Waals surface area contributed by atoms with Crippen LogP contribution in [0.15, 0.2) is 48.5 Å². The molecule has 0 saturated carbocycles. The predicted octanol–water partition coefficient (Wildman–Crippen LogP) is 2.14.